The third kappa shape index (κ3) is 6.15. The lowest BCUT2D eigenvalue weighted by atomic mass is 10.1. The molecule has 1 aromatic heterocycles. The summed E-state index contributed by atoms with van der Waals surface area (Å²) in [4.78, 5) is 29.1. The molecule has 0 aliphatic heterocycles. The molecule has 0 saturated heterocycles. The second-order valence-electron chi connectivity index (χ2n) is 7.57. The highest BCUT2D eigenvalue weighted by molar-refractivity contribution is 7.99. The van der Waals surface area contributed by atoms with Crippen LogP contribution in [0.15, 0.2) is 53.6 Å². The predicted octanol–water partition coefficient (Wildman–Crippen LogP) is 4.97. The summed E-state index contributed by atoms with van der Waals surface area (Å²) in [6.45, 7) is 5.78. The van der Waals surface area contributed by atoms with Crippen LogP contribution in [0.4, 0.5) is 5.69 Å². The Hall–Kier alpha value is -3.83. The third-order valence-corrected chi connectivity index (χ3v) is 6.31. The van der Waals surface area contributed by atoms with E-state index in [9.17, 15) is 14.9 Å². The van der Waals surface area contributed by atoms with Crippen LogP contribution < -0.4 is 10.1 Å². The predicted molar refractivity (Wildman–Crippen MR) is 131 cm³/mol. The Kier molecular flexibility index (Phi) is 8.28. The van der Waals surface area contributed by atoms with Crippen LogP contribution in [-0.2, 0) is 16.1 Å². The van der Waals surface area contributed by atoms with E-state index in [0.29, 0.717) is 27.6 Å². The van der Waals surface area contributed by atoms with Gasteiger partial charge < -0.3 is 14.8 Å². The molecular formula is C26H25N3O4S. The number of aromatic nitrogens is 1. The molecule has 1 amide bonds. The molecule has 2 aromatic carbocycles. The van der Waals surface area contributed by atoms with Crippen LogP contribution >= 0.6 is 11.8 Å². The molecule has 0 fully saturated rings. The fourth-order valence-electron chi connectivity index (χ4n) is 3.11. The number of methoxy groups -OCH3 is 1. The number of pyridine rings is 1. The molecule has 0 unspecified atom stereocenters. The van der Waals surface area contributed by atoms with Crippen LogP contribution in [0.2, 0.25) is 0 Å². The van der Waals surface area contributed by atoms with Gasteiger partial charge in [0.25, 0.3) is 5.91 Å². The summed E-state index contributed by atoms with van der Waals surface area (Å²) in [5.41, 5.74) is 5.09. The lowest BCUT2D eigenvalue weighted by Crippen LogP contribution is -2.12. The van der Waals surface area contributed by atoms with Crippen LogP contribution in [0.3, 0.4) is 0 Å². The Morgan fingerprint density at radius 3 is 2.32 bits per heavy atom. The van der Waals surface area contributed by atoms with Gasteiger partial charge >= 0.3 is 5.97 Å². The van der Waals surface area contributed by atoms with Crippen LogP contribution in [-0.4, -0.2) is 29.7 Å². The van der Waals surface area contributed by atoms with Crippen LogP contribution in [0.25, 0.3) is 0 Å². The normalized spacial score (nSPS) is 10.3. The van der Waals surface area contributed by atoms with Gasteiger partial charge in [0.05, 0.1) is 18.4 Å². The van der Waals surface area contributed by atoms with E-state index in [0.717, 1.165) is 22.4 Å². The number of esters is 1. The second kappa shape index (κ2) is 11.3. The van der Waals surface area contributed by atoms with Crippen LogP contribution in [0.1, 0.15) is 38.3 Å². The Labute approximate surface area is 203 Å². The Bertz CT molecular complexity index is 1230. The number of ether oxygens (including phenoxy) is 2. The molecular weight excluding hydrogens is 450 g/mol. The monoisotopic (exact) mass is 475 g/mol. The zero-order valence-electron chi connectivity index (χ0n) is 19.5. The van der Waals surface area contributed by atoms with Gasteiger partial charge in [-0.15, -0.1) is 0 Å². The van der Waals surface area contributed by atoms with Crippen LogP contribution in [0.5, 0.6) is 5.75 Å². The summed E-state index contributed by atoms with van der Waals surface area (Å²) in [6, 6.07) is 16.1. The van der Waals surface area contributed by atoms with Gasteiger partial charge in [-0.2, -0.15) is 5.26 Å². The van der Waals surface area contributed by atoms with Crippen molar-refractivity contribution in [3.63, 3.8) is 0 Å². The number of thioether (sulfide) groups is 1. The Balaban J connectivity index is 1.52. The molecule has 0 atom stereocenters. The molecule has 7 nitrogen and oxygen atoms in total. The smallest absolute Gasteiger partial charge is 0.316 e. The van der Waals surface area contributed by atoms with Gasteiger partial charge in [-0.05, 0) is 73.9 Å². The highest BCUT2D eigenvalue weighted by Gasteiger charge is 2.15. The van der Waals surface area contributed by atoms with Gasteiger partial charge in [0.2, 0.25) is 0 Å². The van der Waals surface area contributed by atoms with Crippen molar-refractivity contribution in [3.05, 3.63) is 82.0 Å². The molecule has 3 rings (SSSR count). The third-order valence-electron chi connectivity index (χ3n) is 5.37. The van der Waals surface area contributed by atoms with Gasteiger partial charge in [-0.3, -0.25) is 9.59 Å². The van der Waals surface area contributed by atoms with Crippen molar-refractivity contribution in [3.8, 4) is 11.8 Å². The number of nitriles is 1. The number of aryl methyl sites for hydroxylation is 1. The van der Waals surface area contributed by atoms with Crippen molar-refractivity contribution in [1.29, 1.82) is 5.26 Å². The summed E-state index contributed by atoms with van der Waals surface area (Å²) >= 11 is 1.19. The van der Waals surface area contributed by atoms with E-state index in [1.54, 1.807) is 55.6 Å². The summed E-state index contributed by atoms with van der Waals surface area (Å²) in [6.07, 6.45) is 0. The average Bonchev–Trinajstić information content (AvgIpc) is 2.85. The summed E-state index contributed by atoms with van der Waals surface area (Å²) in [7, 11) is 1.58. The summed E-state index contributed by atoms with van der Waals surface area (Å²) < 4.78 is 10.5. The van der Waals surface area contributed by atoms with Gasteiger partial charge in [0.15, 0.2) is 0 Å². The minimum Gasteiger partial charge on any atom is -0.497 e. The van der Waals surface area contributed by atoms with Crippen molar-refractivity contribution < 1.29 is 19.1 Å². The zero-order valence-corrected chi connectivity index (χ0v) is 20.3. The molecule has 0 aliphatic carbocycles. The molecule has 174 valence electrons. The Morgan fingerprint density at radius 1 is 1.03 bits per heavy atom. The van der Waals surface area contributed by atoms with E-state index in [1.807, 2.05) is 20.8 Å². The quantitative estimate of drug-likeness (QED) is 0.362. The van der Waals surface area contributed by atoms with Crippen LogP contribution in [0, 0.1) is 32.1 Å². The van der Waals surface area contributed by atoms with E-state index >= 15 is 0 Å². The van der Waals surface area contributed by atoms with Gasteiger partial charge in [0, 0.05) is 16.9 Å². The van der Waals surface area contributed by atoms with Crippen molar-refractivity contribution in [2.24, 2.45) is 0 Å². The first-order valence-corrected chi connectivity index (χ1v) is 11.5. The van der Waals surface area contributed by atoms with E-state index in [-0.39, 0.29) is 18.3 Å². The number of benzene rings is 2. The van der Waals surface area contributed by atoms with E-state index in [1.165, 1.54) is 11.8 Å². The van der Waals surface area contributed by atoms with E-state index in [2.05, 4.69) is 16.4 Å². The molecule has 3 aromatic rings. The standard InChI is InChI=1S/C26H25N3O4S/c1-16-17(2)23(13-27)26(28-18(16)3)34-15-24(30)33-14-19-5-7-20(8-6-19)25(31)29-21-9-11-22(32-4)12-10-21/h5-12H,14-15H2,1-4H3,(H,29,31). The first-order chi connectivity index (χ1) is 16.3. The van der Waals surface area contributed by atoms with Gasteiger partial charge in [0.1, 0.15) is 23.5 Å². The molecule has 0 radical (unpaired) electrons. The molecule has 0 saturated carbocycles. The number of carbonyl (C=O) groups is 2. The highest BCUT2D eigenvalue weighted by Crippen LogP contribution is 2.26. The maximum atomic E-state index is 12.4. The minimum absolute atomic E-state index is 0.0476. The maximum Gasteiger partial charge on any atom is 0.316 e. The van der Waals surface area contributed by atoms with E-state index < -0.39 is 5.97 Å². The number of carbonyl (C=O) groups excluding carboxylic acids is 2. The second-order valence-corrected chi connectivity index (χ2v) is 8.53. The fourth-order valence-corrected chi connectivity index (χ4v) is 3.99. The van der Waals surface area contributed by atoms with Gasteiger partial charge in [-0.25, -0.2) is 4.98 Å². The Morgan fingerprint density at radius 2 is 1.71 bits per heavy atom. The number of nitrogens with one attached hydrogen (secondary N) is 1. The number of amides is 1. The summed E-state index contributed by atoms with van der Waals surface area (Å²) in [5.74, 6) is 0.107. The zero-order chi connectivity index (χ0) is 24.7. The molecule has 34 heavy (non-hydrogen) atoms. The molecule has 0 aliphatic rings. The lowest BCUT2D eigenvalue weighted by molar-refractivity contribution is -0.141. The maximum absolute atomic E-state index is 12.4. The number of rotatable bonds is 8. The fraction of sp³-hybridized carbons (Fsp3) is 0.231. The SMILES string of the molecule is COc1ccc(NC(=O)c2ccc(COC(=O)CSc3nc(C)c(C)c(C)c3C#N)cc2)cc1. The topological polar surface area (TPSA) is 101 Å². The highest BCUT2D eigenvalue weighted by atomic mass is 32.2. The lowest BCUT2D eigenvalue weighted by Gasteiger charge is -2.11. The number of nitrogens with zero attached hydrogens (tertiary/aromatic N) is 2. The van der Waals surface area contributed by atoms with E-state index in [4.69, 9.17) is 9.47 Å². The summed E-state index contributed by atoms with van der Waals surface area (Å²) in [5, 5.41) is 12.8. The van der Waals surface area contributed by atoms with Crippen molar-refractivity contribution in [2.75, 3.05) is 18.2 Å². The number of anilines is 1. The molecule has 0 bridgehead atoms. The first kappa shape index (κ1) is 24.8. The average molecular weight is 476 g/mol. The molecule has 1 N–H and O–H groups in total. The molecule has 1 heterocycles. The molecule has 8 heteroatoms. The van der Waals surface area contributed by atoms with Crippen molar-refractivity contribution in [2.45, 2.75) is 32.4 Å². The van der Waals surface area contributed by atoms with Crippen molar-refractivity contribution >= 4 is 29.3 Å². The largest absolute Gasteiger partial charge is 0.497 e. The van der Waals surface area contributed by atoms with Crippen molar-refractivity contribution in [1.82, 2.24) is 4.98 Å². The molecule has 0 spiro atoms. The minimum atomic E-state index is -0.409. The van der Waals surface area contributed by atoms with Gasteiger partial charge in [-0.1, -0.05) is 23.9 Å². The first-order valence-electron chi connectivity index (χ1n) is 10.5. The number of hydrogen-bond donors (Lipinski definition) is 1. The number of hydrogen-bond acceptors (Lipinski definition) is 7.